The van der Waals surface area contributed by atoms with E-state index in [1.165, 1.54) is 54.9 Å². The summed E-state index contributed by atoms with van der Waals surface area (Å²) in [6, 6.07) is 2.78. The first-order chi connectivity index (χ1) is 15.4. The lowest BCUT2D eigenvalue weighted by Crippen LogP contribution is -2.17. The first-order valence-corrected chi connectivity index (χ1v) is 11.9. The number of ether oxygens (including phenoxy) is 2. The lowest BCUT2D eigenvalue weighted by atomic mass is 9.89. The molecule has 10 heteroatoms. The molecular weight excluding hydrogens is 450 g/mol. The van der Waals surface area contributed by atoms with Crippen LogP contribution in [-0.4, -0.2) is 46.9 Å². The molecule has 8 nitrogen and oxygen atoms in total. The third-order valence-electron chi connectivity index (χ3n) is 5.43. The number of anilines is 1. The van der Waals surface area contributed by atoms with E-state index in [0.29, 0.717) is 11.7 Å². The van der Waals surface area contributed by atoms with Crippen LogP contribution in [0.5, 0.6) is 11.5 Å². The van der Waals surface area contributed by atoms with Crippen LogP contribution in [0.3, 0.4) is 0 Å². The Morgan fingerprint density at radius 1 is 1.25 bits per heavy atom. The van der Waals surface area contributed by atoms with Crippen molar-refractivity contribution in [3.05, 3.63) is 34.5 Å². The van der Waals surface area contributed by atoms with Crippen molar-refractivity contribution in [3.63, 3.8) is 0 Å². The van der Waals surface area contributed by atoms with Gasteiger partial charge >= 0.3 is 5.97 Å². The van der Waals surface area contributed by atoms with Crippen molar-refractivity contribution in [3.8, 4) is 11.5 Å². The van der Waals surface area contributed by atoms with Crippen molar-refractivity contribution < 1.29 is 24.2 Å². The quantitative estimate of drug-likeness (QED) is 0.387. The molecule has 0 saturated heterocycles. The number of carboxylic acid groups (broad SMARTS) is 1. The molecule has 0 fully saturated rings. The Morgan fingerprint density at radius 2 is 2.00 bits per heavy atom. The molecule has 3 aromatic rings. The van der Waals surface area contributed by atoms with Crippen molar-refractivity contribution in [2.75, 3.05) is 25.3 Å². The van der Waals surface area contributed by atoms with Crippen LogP contribution in [0.2, 0.25) is 0 Å². The normalized spacial score (nSPS) is 15.3. The van der Waals surface area contributed by atoms with Crippen LogP contribution in [0.1, 0.15) is 34.1 Å². The fourth-order valence-corrected chi connectivity index (χ4v) is 6.08. The van der Waals surface area contributed by atoms with E-state index in [9.17, 15) is 14.7 Å². The van der Waals surface area contributed by atoms with Gasteiger partial charge in [0.2, 0.25) is 5.91 Å². The number of carboxylic acids is 1. The van der Waals surface area contributed by atoms with Gasteiger partial charge in [-0.1, -0.05) is 18.7 Å². The lowest BCUT2D eigenvalue weighted by Gasteiger charge is -2.18. The van der Waals surface area contributed by atoms with Crippen molar-refractivity contribution in [1.29, 1.82) is 0 Å². The number of carbonyl (C=O) groups excluding carboxylic acids is 1. The number of benzene rings is 1. The Balaban J connectivity index is 1.54. The van der Waals surface area contributed by atoms with E-state index >= 15 is 0 Å². The number of rotatable bonds is 7. The number of nitrogens with one attached hydrogen (secondary N) is 1. The van der Waals surface area contributed by atoms with Crippen molar-refractivity contribution in [1.82, 2.24) is 9.97 Å². The molecule has 1 aliphatic rings. The molecule has 2 aromatic heterocycles. The first kappa shape index (κ1) is 22.3. The summed E-state index contributed by atoms with van der Waals surface area (Å²) in [7, 11) is 2.87. The highest BCUT2D eigenvalue weighted by Crippen LogP contribution is 2.40. The van der Waals surface area contributed by atoms with E-state index in [-0.39, 0.29) is 28.7 Å². The Kier molecular flexibility index (Phi) is 6.52. The highest BCUT2D eigenvalue weighted by atomic mass is 32.2. The highest BCUT2D eigenvalue weighted by Gasteiger charge is 2.24. The van der Waals surface area contributed by atoms with Gasteiger partial charge in [-0.2, -0.15) is 0 Å². The van der Waals surface area contributed by atoms with Crippen molar-refractivity contribution >= 4 is 50.9 Å². The molecule has 4 rings (SSSR count). The summed E-state index contributed by atoms with van der Waals surface area (Å²) in [5.41, 5.74) is 1.38. The topological polar surface area (TPSA) is 111 Å². The molecule has 1 aliphatic carbocycles. The third-order valence-corrected chi connectivity index (χ3v) is 7.58. The Morgan fingerprint density at radius 3 is 2.72 bits per heavy atom. The number of hydrogen-bond acceptors (Lipinski definition) is 8. The second-order valence-corrected chi connectivity index (χ2v) is 9.65. The standard InChI is InChI=1S/C22H23N3O5S2/c1-11-4-5-12-17(6-11)32-21-19(12)20(23-10-24-21)31-9-18(26)25-14-8-16(30-3)15(29-2)7-13(14)22(27)28/h7-8,10-11H,4-6,9H2,1-3H3,(H,25,26)(H,27,28)/t11-/m0/s1. The van der Waals surface area contributed by atoms with Gasteiger partial charge in [-0.15, -0.1) is 11.3 Å². The first-order valence-electron chi connectivity index (χ1n) is 10.1. The van der Waals surface area contributed by atoms with E-state index in [4.69, 9.17) is 9.47 Å². The average Bonchev–Trinajstić information content (AvgIpc) is 3.15. The largest absolute Gasteiger partial charge is 0.493 e. The van der Waals surface area contributed by atoms with Gasteiger partial charge in [-0.05, 0) is 30.7 Å². The molecule has 168 valence electrons. The molecule has 0 unspecified atom stereocenters. The van der Waals surface area contributed by atoms with Gasteiger partial charge < -0.3 is 19.9 Å². The number of thioether (sulfide) groups is 1. The molecule has 2 heterocycles. The minimum Gasteiger partial charge on any atom is -0.493 e. The van der Waals surface area contributed by atoms with Crippen LogP contribution in [-0.2, 0) is 17.6 Å². The number of amides is 1. The van der Waals surface area contributed by atoms with Gasteiger partial charge in [-0.25, -0.2) is 14.8 Å². The highest BCUT2D eigenvalue weighted by molar-refractivity contribution is 8.00. The minimum absolute atomic E-state index is 0.0774. The monoisotopic (exact) mass is 473 g/mol. The average molecular weight is 474 g/mol. The SMILES string of the molecule is COc1cc(NC(=O)CSc2ncnc3sc4c(c23)CC[C@H](C)C4)c(C(=O)O)cc1OC. The molecule has 0 saturated carbocycles. The second kappa shape index (κ2) is 9.33. The number of aromatic nitrogens is 2. The molecular formula is C22H23N3O5S2. The number of methoxy groups -OCH3 is 2. The molecule has 0 radical (unpaired) electrons. The Hall–Kier alpha value is -2.85. The predicted octanol–water partition coefficient (Wildman–Crippen LogP) is 4.26. The predicted molar refractivity (Wildman–Crippen MR) is 124 cm³/mol. The van der Waals surface area contributed by atoms with Crippen LogP contribution >= 0.6 is 23.1 Å². The van der Waals surface area contributed by atoms with Crippen LogP contribution < -0.4 is 14.8 Å². The maximum Gasteiger partial charge on any atom is 0.337 e. The van der Waals surface area contributed by atoms with Crippen LogP contribution in [0, 0.1) is 5.92 Å². The van der Waals surface area contributed by atoms with E-state index in [2.05, 4.69) is 22.2 Å². The molecule has 0 bridgehead atoms. The van der Waals surface area contributed by atoms with Crippen molar-refractivity contribution in [2.24, 2.45) is 5.92 Å². The zero-order chi connectivity index (χ0) is 22.8. The third kappa shape index (κ3) is 4.37. The summed E-state index contributed by atoms with van der Waals surface area (Å²) in [5, 5.41) is 14.0. The maximum absolute atomic E-state index is 12.7. The number of fused-ring (bicyclic) bond motifs is 3. The number of aromatic carboxylic acids is 1. The van der Waals surface area contributed by atoms with Gasteiger partial charge in [0, 0.05) is 22.4 Å². The number of aryl methyl sites for hydroxylation is 1. The van der Waals surface area contributed by atoms with E-state index in [1.807, 2.05) is 0 Å². The molecule has 32 heavy (non-hydrogen) atoms. The zero-order valence-electron chi connectivity index (χ0n) is 17.9. The minimum atomic E-state index is -1.18. The van der Waals surface area contributed by atoms with E-state index in [1.54, 1.807) is 11.3 Å². The van der Waals surface area contributed by atoms with Gasteiger partial charge in [0.1, 0.15) is 16.2 Å². The zero-order valence-corrected chi connectivity index (χ0v) is 19.6. The Bertz CT molecular complexity index is 1190. The number of nitrogens with zero attached hydrogens (tertiary/aromatic N) is 2. The fraction of sp³-hybridized carbons (Fsp3) is 0.364. The fourth-order valence-electron chi connectivity index (χ4n) is 3.84. The van der Waals surface area contributed by atoms with Crippen LogP contribution in [0.25, 0.3) is 10.2 Å². The summed E-state index contributed by atoms with van der Waals surface area (Å²) in [5.74, 6) is -0.162. The summed E-state index contributed by atoms with van der Waals surface area (Å²) < 4.78 is 10.4. The summed E-state index contributed by atoms with van der Waals surface area (Å²) in [6.45, 7) is 2.26. The van der Waals surface area contributed by atoms with E-state index < -0.39 is 5.97 Å². The maximum atomic E-state index is 12.7. The van der Waals surface area contributed by atoms with Crippen LogP contribution in [0.4, 0.5) is 5.69 Å². The molecule has 1 aromatic carbocycles. The summed E-state index contributed by atoms with van der Waals surface area (Å²) in [6.07, 6.45) is 4.72. The van der Waals surface area contributed by atoms with Gasteiger partial charge in [0.15, 0.2) is 11.5 Å². The second-order valence-electron chi connectivity index (χ2n) is 7.61. The Labute approximate surface area is 193 Å². The lowest BCUT2D eigenvalue weighted by molar-refractivity contribution is -0.113. The molecule has 0 aliphatic heterocycles. The van der Waals surface area contributed by atoms with Gasteiger partial charge in [-0.3, -0.25) is 4.79 Å². The van der Waals surface area contributed by atoms with Crippen molar-refractivity contribution in [2.45, 2.75) is 31.2 Å². The summed E-state index contributed by atoms with van der Waals surface area (Å²) >= 11 is 3.04. The summed E-state index contributed by atoms with van der Waals surface area (Å²) in [4.78, 5) is 35.5. The van der Waals surface area contributed by atoms with Crippen LogP contribution in [0.15, 0.2) is 23.5 Å². The number of thiophene rings is 1. The number of carbonyl (C=O) groups is 2. The molecule has 2 N–H and O–H groups in total. The van der Waals surface area contributed by atoms with Gasteiger partial charge in [0.05, 0.1) is 31.2 Å². The molecule has 1 atom stereocenters. The molecule has 1 amide bonds. The molecule has 0 spiro atoms. The van der Waals surface area contributed by atoms with E-state index in [0.717, 1.165) is 34.5 Å². The van der Waals surface area contributed by atoms with Gasteiger partial charge in [0.25, 0.3) is 0 Å². The number of hydrogen-bond donors (Lipinski definition) is 2. The smallest absolute Gasteiger partial charge is 0.337 e.